The maximum atomic E-state index is 3.14. The molecule has 0 aromatic carbocycles. The van der Waals surface area contributed by atoms with Crippen LogP contribution >= 0.6 is 0 Å². The lowest BCUT2D eigenvalue weighted by atomic mass is 10.1. The van der Waals surface area contributed by atoms with Gasteiger partial charge in [-0.05, 0) is 14.0 Å². The monoisotopic (exact) mass is 134 g/mol. The van der Waals surface area contributed by atoms with Gasteiger partial charge in [-0.15, -0.1) is 0 Å². The smallest absolute Gasteiger partial charge is 0.112 e. The van der Waals surface area contributed by atoms with Crippen LogP contribution in [0.2, 0.25) is 0 Å². The SMILES string of the molecule is CNCC1=C[C+]=C(C)C=C1. The molecule has 0 unspecified atom stereocenters. The highest BCUT2D eigenvalue weighted by Gasteiger charge is 2.03. The highest BCUT2D eigenvalue weighted by molar-refractivity contribution is 5.34. The Morgan fingerprint density at radius 3 is 2.80 bits per heavy atom. The third kappa shape index (κ3) is 1.80. The summed E-state index contributed by atoms with van der Waals surface area (Å²) in [7, 11) is 1.94. The average Bonchev–Trinajstić information content (AvgIpc) is 1.95. The summed E-state index contributed by atoms with van der Waals surface area (Å²) in [6.45, 7) is 2.97. The molecule has 1 N–H and O–H groups in total. The van der Waals surface area contributed by atoms with Gasteiger partial charge in [0.25, 0.3) is 0 Å². The van der Waals surface area contributed by atoms with Crippen LogP contribution < -0.4 is 5.32 Å². The second-order valence-electron chi connectivity index (χ2n) is 2.41. The van der Waals surface area contributed by atoms with Crippen molar-refractivity contribution >= 4 is 0 Å². The molecule has 0 spiro atoms. The molecule has 0 amide bonds. The molecule has 0 heterocycles. The Hall–Kier alpha value is -0.910. The Balaban J connectivity index is 2.59. The highest BCUT2D eigenvalue weighted by Crippen LogP contribution is 2.06. The minimum atomic E-state index is 0.927. The van der Waals surface area contributed by atoms with E-state index in [1.165, 1.54) is 11.1 Å². The third-order valence-corrected chi connectivity index (χ3v) is 1.41. The molecule has 0 radical (unpaired) electrons. The predicted molar refractivity (Wildman–Crippen MR) is 43.6 cm³/mol. The third-order valence-electron chi connectivity index (χ3n) is 1.41. The van der Waals surface area contributed by atoms with Crippen LogP contribution in [0.3, 0.4) is 0 Å². The molecule has 52 valence electrons. The van der Waals surface area contributed by atoms with Crippen molar-refractivity contribution in [2.45, 2.75) is 6.92 Å². The summed E-state index contributed by atoms with van der Waals surface area (Å²) in [5.41, 5.74) is 2.48. The van der Waals surface area contributed by atoms with Gasteiger partial charge in [0.1, 0.15) is 11.6 Å². The van der Waals surface area contributed by atoms with E-state index in [0.29, 0.717) is 0 Å². The predicted octanol–water partition coefficient (Wildman–Crippen LogP) is 1.45. The van der Waals surface area contributed by atoms with E-state index in [1.807, 2.05) is 20.0 Å². The summed E-state index contributed by atoms with van der Waals surface area (Å²) < 4.78 is 0. The molecular weight excluding hydrogens is 122 g/mol. The molecule has 1 rings (SSSR count). The van der Waals surface area contributed by atoms with Crippen molar-refractivity contribution in [1.82, 2.24) is 5.32 Å². The largest absolute Gasteiger partial charge is 0.305 e. The minimum absolute atomic E-state index is 0.927. The van der Waals surface area contributed by atoms with Crippen LogP contribution in [-0.4, -0.2) is 13.6 Å². The Morgan fingerprint density at radius 2 is 2.30 bits per heavy atom. The van der Waals surface area contributed by atoms with Crippen LogP contribution in [0.5, 0.6) is 0 Å². The molecule has 10 heavy (non-hydrogen) atoms. The van der Waals surface area contributed by atoms with E-state index in [4.69, 9.17) is 0 Å². The Kier molecular flexibility index (Phi) is 2.38. The van der Waals surface area contributed by atoms with Crippen molar-refractivity contribution in [3.05, 3.63) is 35.5 Å². The van der Waals surface area contributed by atoms with Crippen molar-refractivity contribution in [1.29, 1.82) is 0 Å². The number of likely N-dealkylation sites (N-methyl/N-ethyl adjacent to an activating group) is 1. The molecule has 0 fully saturated rings. The molecule has 1 heteroatoms. The van der Waals surface area contributed by atoms with E-state index in [-0.39, 0.29) is 0 Å². The number of nitrogens with one attached hydrogen (secondary N) is 1. The van der Waals surface area contributed by atoms with E-state index >= 15 is 0 Å². The van der Waals surface area contributed by atoms with Crippen LogP contribution in [0.15, 0.2) is 29.4 Å². The number of rotatable bonds is 2. The lowest BCUT2D eigenvalue weighted by molar-refractivity contribution is 0.894. The summed E-state index contributed by atoms with van der Waals surface area (Å²) in [6, 6.07) is 0. The van der Waals surface area contributed by atoms with Gasteiger partial charge in [0.2, 0.25) is 0 Å². The van der Waals surface area contributed by atoms with Gasteiger partial charge in [-0.3, -0.25) is 0 Å². The standard InChI is InChI=1S/C9H12N/c1-8-3-5-9(6-4-8)7-10-2/h3,5-6,10H,7H2,1-2H3/q+1. The van der Waals surface area contributed by atoms with Gasteiger partial charge in [-0.1, -0.05) is 0 Å². The lowest BCUT2D eigenvalue weighted by Crippen LogP contribution is -2.09. The molecule has 0 saturated heterocycles. The van der Waals surface area contributed by atoms with Crippen molar-refractivity contribution in [2.24, 2.45) is 0 Å². The lowest BCUT2D eigenvalue weighted by Gasteiger charge is -1.94. The zero-order chi connectivity index (χ0) is 7.40. The molecule has 0 bridgehead atoms. The van der Waals surface area contributed by atoms with Gasteiger partial charge in [-0.2, -0.15) is 0 Å². The first kappa shape index (κ1) is 7.20. The maximum absolute atomic E-state index is 3.14. The van der Waals surface area contributed by atoms with E-state index in [1.54, 1.807) is 0 Å². The molecule has 0 atom stereocenters. The zero-order valence-electron chi connectivity index (χ0n) is 6.44. The first-order chi connectivity index (χ1) is 4.83. The first-order valence-electron chi connectivity index (χ1n) is 3.45. The van der Waals surface area contributed by atoms with E-state index in [0.717, 1.165) is 6.54 Å². The topological polar surface area (TPSA) is 12.0 Å². The fraction of sp³-hybridized carbons (Fsp3) is 0.333. The second-order valence-corrected chi connectivity index (χ2v) is 2.41. The molecular formula is C9H12N+. The van der Waals surface area contributed by atoms with Gasteiger partial charge < -0.3 is 5.32 Å². The molecule has 1 aliphatic rings. The van der Waals surface area contributed by atoms with Gasteiger partial charge in [0, 0.05) is 6.08 Å². The van der Waals surface area contributed by atoms with Gasteiger partial charge >= 0.3 is 0 Å². The summed E-state index contributed by atoms with van der Waals surface area (Å²) in [4.78, 5) is 0. The molecule has 0 aromatic rings. The van der Waals surface area contributed by atoms with Crippen molar-refractivity contribution in [3.8, 4) is 0 Å². The Labute approximate surface area is 62.1 Å². The van der Waals surface area contributed by atoms with Crippen LogP contribution in [0, 0.1) is 6.08 Å². The fourth-order valence-corrected chi connectivity index (χ4v) is 0.849. The normalized spacial score (nSPS) is 15.8. The fourth-order valence-electron chi connectivity index (χ4n) is 0.849. The van der Waals surface area contributed by atoms with Crippen LogP contribution in [0.25, 0.3) is 0 Å². The van der Waals surface area contributed by atoms with Crippen LogP contribution in [-0.2, 0) is 0 Å². The summed E-state index contributed by atoms with van der Waals surface area (Å²) in [5.74, 6) is 0. The number of hydrogen-bond acceptors (Lipinski definition) is 1. The van der Waals surface area contributed by atoms with Crippen LogP contribution in [0.4, 0.5) is 0 Å². The van der Waals surface area contributed by atoms with E-state index in [9.17, 15) is 0 Å². The minimum Gasteiger partial charge on any atom is -0.305 e. The molecule has 1 aliphatic carbocycles. The van der Waals surface area contributed by atoms with E-state index in [2.05, 4.69) is 23.5 Å². The van der Waals surface area contributed by atoms with Crippen LogP contribution in [0.1, 0.15) is 6.92 Å². The molecule has 1 nitrogen and oxygen atoms in total. The molecule has 0 saturated carbocycles. The summed E-state index contributed by atoms with van der Waals surface area (Å²) in [5, 5.41) is 3.08. The van der Waals surface area contributed by atoms with Gasteiger partial charge in [-0.25, -0.2) is 0 Å². The Bertz CT molecular complexity index is 197. The average molecular weight is 134 g/mol. The van der Waals surface area contributed by atoms with E-state index < -0.39 is 0 Å². The van der Waals surface area contributed by atoms with Crippen molar-refractivity contribution < 1.29 is 0 Å². The van der Waals surface area contributed by atoms with Crippen molar-refractivity contribution in [2.75, 3.05) is 13.6 Å². The highest BCUT2D eigenvalue weighted by atomic mass is 14.8. The summed E-state index contributed by atoms with van der Waals surface area (Å²) in [6.07, 6.45) is 9.35. The molecule has 0 aliphatic heterocycles. The number of allylic oxidation sites excluding steroid dienone is 4. The van der Waals surface area contributed by atoms with Gasteiger partial charge in [0.15, 0.2) is 0 Å². The first-order valence-corrected chi connectivity index (χ1v) is 3.45. The Morgan fingerprint density at radius 1 is 1.50 bits per heavy atom. The molecule has 0 aromatic heterocycles. The second kappa shape index (κ2) is 3.31. The number of hydrogen-bond donors (Lipinski definition) is 1. The quantitative estimate of drug-likeness (QED) is 0.564. The summed E-state index contributed by atoms with van der Waals surface area (Å²) >= 11 is 0. The zero-order valence-corrected chi connectivity index (χ0v) is 6.44. The van der Waals surface area contributed by atoms with Gasteiger partial charge in [0.05, 0.1) is 24.3 Å². The van der Waals surface area contributed by atoms with Crippen molar-refractivity contribution in [3.63, 3.8) is 0 Å². The maximum Gasteiger partial charge on any atom is 0.112 e.